The largest absolute Gasteiger partial charge is 0.474 e. The molecule has 0 spiro atoms. The van der Waals surface area contributed by atoms with Gasteiger partial charge in [0.15, 0.2) is 0 Å². The number of hydrogen-bond acceptors (Lipinski definition) is 4. The molecule has 3 aromatic rings. The highest BCUT2D eigenvalue weighted by atomic mass is 19.4. The summed E-state index contributed by atoms with van der Waals surface area (Å²) in [6.45, 7) is 0. The van der Waals surface area contributed by atoms with E-state index in [1.165, 1.54) is 30.5 Å². The Morgan fingerprint density at radius 3 is 2.48 bits per heavy atom. The number of rotatable bonds is 4. The fourth-order valence-electron chi connectivity index (χ4n) is 3.75. The van der Waals surface area contributed by atoms with Crippen LogP contribution in [0.2, 0.25) is 0 Å². The monoisotopic (exact) mass is 464 g/mol. The van der Waals surface area contributed by atoms with Crippen LogP contribution in [-0.4, -0.2) is 33.9 Å². The first-order valence-corrected chi connectivity index (χ1v) is 10.3. The molecule has 3 N–H and O–H groups in total. The first kappa shape index (κ1) is 22.6. The standard InChI is InChI=1S/C22H20F4N4O3/c23-13-2-7-16-17(9-13)27-11-18(16)30-21(32)20(31)29-14-3-5-15(6-4-14)33-19-8-1-12(10-28-19)22(24,25)26/h1-2,7-11,14-15,27H,3-6H2,(H,29,31)(H,30,32). The number of ether oxygens (including phenoxy) is 1. The molecule has 4 rings (SSSR count). The van der Waals surface area contributed by atoms with Gasteiger partial charge in [0.1, 0.15) is 11.9 Å². The smallest absolute Gasteiger partial charge is 0.417 e. The van der Waals surface area contributed by atoms with Crippen molar-refractivity contribution in [1.29, 1.82) is 0 Å². The number of benzene rings is 1. The molecule has 7 nitrogen and oxygen atoms in total. The van der Waals surface area contributed by atoms with Gasteiger partial charge in [0.25, 0.3) is 0 Å². The fourth-order valence-corrected chi connectivity index (χ4v) is 3.75. The molecule has 1 aliphatic carbocycles. The van der Waals surface area contributed by atoms with E-state index in [2.05, 4.69) is 20.6 Å². The molecule has 0 bridgehead atoms. The van der Waals surface area contributed by atoms with Gasteiger partial charge in [-0.2, -0.15) is 13.2 Å². The molecule has 33 heavy (non-hydrogen) atoms. The van der Waals surface area contributed by atoms with Crippen LogP contribution in [0.1, 0.15) is 31.2 Å². The topological polar surface area (TPSA) is 96.1 Å². The maximum atomic E-state index is 13.3. The zero-order chi connectivity index (χ0) is 23.6. The van der Waals surface area contributed by atoms with Gasteiger partial charge in [-0.3, -0.25) is 9.59 Å². The molecule has 0 aliphatic heterocycles. The van der Waals surface area contributed by atoms with Gasteiger partial charge < -0.3 is 20.4 Å². The first-order chi connectivity index (χ1) is 15.7. The number of hydrogen-bond donors (Lipinski definition) is 3. The molecule has 0 radical (unpaired) electrons. The van der Waals surface area contributed by atoms with Gasteiger partial charge in [-0.05, 0) is 49.9 Å². The summed E-state index contributed by atoms with van der Waals surface area (Å²) < 4.78 is 56.8. The third kappa shape index (κ3) is 5.41. The van der Waals surface area contributed by atoms with Crippen molar-refractivity contribution in [1.82, 2.24) is 15.3 Å². The van der Waals surface area contributed by atoms with Crippen LogP contribution in [0.15, 0.2) is 42.7 Å². The number of aromatic nitrogens is 2. The van der Waals surface area contributed by atoms with E-state index in [9.17, 15) is 27.2 Å². The lowest BCUT2D eigenvalue weighted by molar-refractivity contribution is -0.137. The SMILES string of the molecule is O=C(Nc1c[nH]c2cc(F)ccc12)C(=O)NC1CCC(Oc2ccc(C(F)(F)F)cn2)CC1. The van der Waals surface area contributed by atoms with Crippen LogP contribution < -0.4 is 15.4 Å². The lowest BCUT2D eigenvalue weighted by atomic mass is 9.93. The Balaban J connectivity index is 1.25. The molecule has 2 aromatic heterocycles. The van der Waals surface area contributed by atoms with Gasteiger partial charge in [0, 0.05) is 29.9 Å². The lowest BCUT2D eigenvalue weighted by Gasteiger charge is -2.29. The van der Waals surface area contributed by atoms with Crippen molar-refractivity contribution in [3.63, 3.8) is 0 Å². The van der Waals surface area contributed by atoms with E-state index < -0.39 is 29.4 Å². The Bertz CT molecular complexity index is 1150. The summed E-state index contributed by atoms with van der Waals surface area (Å²) in [5.74, 6) is -1.95. The van der Waals surface area contributed by atoms with Gasteiger partial charge in [-0.15, -0.1) is 0 Å². The quantitative estimate of drug-likeness (QED) is 0.399. The number of aromatic amines is 1. The number of carbonyl (C=O) groups is 2. The number of nitrogens with zero attached hydrogens (tertiary/aromatic N) is 1. The minimum Gasteiger partial charge on any atom is -0.474 e. The van der Waals surface area contributed by atoms with Gasteiger partial charge in [-0.25, -0.2) is 9.37 Å². The van der Waals surface area contributed by atoms with Crippen molar-refractivity contribution in [2.45, 2.75) is 44.0 Å². The van der Waals surface area contributed by atoms with Crippen LogP contribution >= 0.6 is 0 Å². The van der Waals surface area contributed by atoms with Crippen molar-refractivity contribution in [3.8, 4) is 5.88 Å². The van der Waals surface area contributed by atoms with E-state index in [0.29, 0.717) is 42.3 Å². The molecule has 0 saturated heterocycles. The first-order valence-electron chi connectivity index (χ1n) is 10.3. The highest BCUT2D eigenvalue weighted by Crippen LogP contribution is 2.30. The van der Waals surface area contributed by atoms with Gasteiger partial charge in [0.05, 0.1) is 16.8 Å². The Hall–Kier alpha value is -3.63. The van der Waals surface area contributed by atoms with Crippen LogP contribution in [0.3, 0.4) is 0 Å². The zero-order valence-corrected chi connectivity index (χ0v) is 17.2. The molecule has 0 atom stereocenters. The highest BCUT2D eigenvalue weighted by Gasteiger charge is 2.31. The minimum absolute atomic E-state index is 0.105. The van der Waals surface area contributed by atoms with Crippen molar-refractivity contribution >= 4 is 28.4 Å². The average molecular weight is 464 g/mol. The summed E-state index contributed by atoms with van der Waals surface area (Å²) >= 11 is 0. The summed E-state index contributed by atoms with van der Waals surface area (Å²) in [4.78, 5) is 31.1. The molecule has 1 saturated carbocycles. The van der Waals surface area contributed by atoms with Crippen LogP contribution in [-0.2, 0) is 15.8 Å². The third-order valence-electron chi connectivity index (χ3n) is 5.46. The van der Waals surface area contributed by atoms with Crippen LogP contribution in [0.4, 0.5) is 23.2 Å². The number of anilines is 1. The molecule has 1 fully saturated rings. The average Bonchev–Trinajstić information content (AvgIpc) is 3.16. The number of alkyl halides is 3. The molecule has 1 aliphatic rings. The Morgan fingerprint density at radius 1 is 1.06 bits per heavy atom. The summed E-state index contributed by atoms with van der Waals surface area (Å²) in [7, 11) is 0. The summed E-state index contributed by atoms with van der Waals surface area (Å²) in [5.41, 5.74) is 0.0113. The number of nitrogens with one attached hydrogen (secondary N) is 3. The van der Waals surface area contributed by atoms with Crippen molar-refractivity contribution in [2.24, 2.45) is 0 Å². The van der Waals surface area contributed by atoms with E-state index in [1.807, 2.05) is 0 Å². The summed E-state index contributed by atoms with van der Waals surface area (Å²) in [5, 5.41) is 5.77. The van der Waals surface area contributed by atoms with Gasteiger partial charge in [-0.1, -0.05) is 0 Å². The minimum atomic E-state index is -4.46. The molecule has 1 aromatic carbocycles. The molecule has 2 heterocycles. The number of carbonyl (C=O) groups excluding carboxylic acids is 2. The maximum Gasteiger partial charge on any atom is 0.417 e. The van der Waals surface area contributed by atoms with E-state index in [4.69, 9.17) is 4.74 Å². The molecule has 0 unspecified atom stereocenters. The van der Waals surface area contributed by atoms with E-state index in [0.717, 1.165) is 12.3 Å². The van der Waals surface area contributed by atoms with E-state index in [-0.39, 0.29) is 18.0 Å². The molecular weight excluding hydrogens is 444 g/mol. The predicted molar refractivity (Wildman–Crippen MR) is 111 cm³/mol. The second-order valence-corrected chi connectivity index (χ2v) is 7.79. The number of amides is 2. The number of H-pyrrole nitrogens is 1. The summed E-state index contributed by atoms with van der Waals surface area (Å²) in [6, 6.07) is 5.90. The lowest BCUT2D eigenvalue weighted by Crippen LogP contribution is -2.44. The highest BCUT2D eigenvalue weighted by molar-refractivity contribution is 6.40. The summed E-state index contributed by atoms with van der Waals surface area (Å²) in [6.07, 6.45) is -0.333. The predicted octanol–water partition coefficient (Wildman–Crippen LogP) is 4.17. The zero-order valence-electron chi connectivity index (χ0n) is 17.2. The van der Waals surface area contributed by atoms with Crippen LogP contribution in [0.5, 0.6) is 5.88 Å². The molecule has 11 heteroatoms. The Labute approximate surface area is 185 Å². The van der Waals surface area contributed by atoms with Crippen LogP contribution in [0.25, 0.3) is 10.9 Å². The molecular formula is C22H20F4N4O3. The van der Waals surface area contributed by atoms with Gasteiger partial charge >= 0.3 is 18.0 Å². The van der Waals surface area contributed by atoms with E-state index in [1.54, 1.807) is 0 Å². The van der Waals surface area contributed by atoms with Gasteiger partial charge in [0.2, 0.25) is 5.88 Å². The second kappa shape index (κ2) is 9.08. The van der Waals surface area contributed by atoms with Crippen molar-refractivity contribution in [2.75, 3.05) is 5.32 Å². The maximum absolute atomic E-state index is 13.3. The normalized spacial score (nSPS) is 18.7. The molecule has 174 valence electrons. The second-order valence-electron chi connectivity index (χ2n) is 7.79. The fraction of sp³-hybridized carbons (Fsp3) is 0.318. The van der Waals surface area contributed by atoms with Crippen LogP contribution in [0, 0.1) is 5.82 Å². The third-order valence-corrected chi connectivity index (χ3v) is 5.46. The Kier molecular flexibility index (Phi) is 6.21. The van der Waals surface area contributed by atoms with E-state index >= 15 is 0 Å². The van der Waals surface area contributed by atoms with Crippen molar-refractivity contribution in [3.05, 3.63) is 54.1 Å². The Morgan fingerprint density at radius 2 is 1.82 bits per heavy atom. The van der Waals surface area contributed by atoms with Crippen molar-refractivity contribution < 1.29 is 31.9 Å². The number of fused-ring (bicyclic) bond motifs is 1. The number of pyridine rings is 1. The number of halogens is 4. The molecule has 2 amide bonds.